The maximum absolute atomic E-state index is 12.1. The summed E-state index contributed by atoms with van der Waals surface area (Å²) >= 11 is 0. The quantitative estimate of drug-likeness (QED) is 0.886. The molecule has 21 heavy (non-hydrogen) atoms. The van der Waals surface area contributed by atoms with Crippen molar-refractivity contribution in [2.45, 2.75) is 6.42 Å². The number of aliphatic hydroxyl groups excluding tert-OH is 1. The minimum atomic E-state index is -0.126. The van der Waals surface area contributed by atoms with Gasteiger partial charge in [0.15, 0.2) is 0 Å². The number of amides is 2. The Morgan fingerprint density at radius 3 is 2.81 bits per heavy atom. The lowest BCUT2D eigenvalue weighted by Crippen LogP contribution is -2.33. The predicted molar refractivity (Wildman–Crippen MR) is 77.1 cm³/mol. The molecule has 1 atom stereocenters. The number of likely N-dealkylation sites (tertiary alicyclic amines) is 1. The molecule has 7 nitrogen and oxygen atoms in total. The molecule has 1 aliphatic rings. The lowest BCUT2D eigenvalue weighted by molar-refractivity contribution is 0.209. The number of urea groups is 1. The Morgan fingerprint density at radius 1 is 1.38 bits per heavy atom. The molecule has 110 valence electrons. The highest BCUT2D eigenvalue weighted by atomic mass is 16.3. The van der Waals surface area contributed by atoms with Crippen molar-refractivity contribution in [3.8, 4) is 5.69 Å². The molecular formula is C14H17N5O2. The van der Waals surface area contributed by atoms with Gasteiger partial charge in [0.2, 0.25) is 0 Å². The Bertz CT molecular complexity index is 596. The summed E-state index contributed by atoms with van der Waals surface area (Å²) in [5.74, 6) is 0.199. The molecule has 2 heterocycles. The summed E-state index contributed by atoms with van der Waals surface area (Å²) in [5, 5.41) is 19.6. The predicted octanol–water partition coefficient (Wildman–Crippen LogP) is 1.11. The molecule has 0 saturated carbocycles. The Hall–Kier alpha value is -2.41. The molecule has 2 N–H and O–H groups in total. The molecule has 2 aromatic rings. The van der Waals surface area contributed by atoms with E-state index in [1.807, 2.05) is 24.3 Å². The first-order chi connectivity index (χ1) is 10.3. The zero-order chi connectivity index (χ0) is 14.7. The van der Waals surface area contributed by atoms with Gasteiger partial charge in [-0.1, -0.05) is 5.21 Å². The van der Waals surface area contributed by atoms with Crippen LogP contribution >= 0.6 is 0 Å². The molecule has 3 rings (SSSR count). The Morgan fingerprint density at radius 2 is 2.19 bits per heavy atom. The second-order valence-electron chi connectivity index (χ2n) is 5.11. The van der Waals surface area contributed by atoms with E-state index >= 15 is 0 Å². The number of aromatic nitrogens is 3. The van der Waals surface area contributed by atoms with Crippen molar-refractivity contribution in [3.63, 3.8) is 0 Å². The summed E-state index contributed by atoms with van der Waals surface area (Å²) in [7, 11) is 0. The van der Waals surface area contributed by atoms with Crippen LogP contribution in [0.3, 0.4) is 0 Å². The van der Waals surface area contributed by atoms with Gasteiger partial charge in [-0.15, -0.1) is 5.10 Å². The Kier molecular flexibility index (Phi) is 3.83. The van der Waals surface area contributed by atoms with Gasteiger partial charge in [-0.3, -0.25) is 0 Å². The summed E-state index contributed by atoms with van der Waals surface area (Å²) < 4.78 is 1.65. The van der Waals surface area contributed by atoms with Crippen molar-refractivity contribution < 1.29 is 9.90 Å². The number of aliphatic hydroxyl groups is 1. The van der Waals surface area contributed by atoms with Gasteiger partial charge in [-0.2, -0.15) is 0 Å². The molecule has 0 spiro atoms. The molecule has 1 aliphatic heterocycles. The number of benzene rings is 1. The number of nitrogens with zero attached hydrogens (tertiary/aromatic N) is 4. The minimum absolute atomic E-state index is 0.126. The Balaban J connectivity index is 1.62. The van der Waals surface area contributed by atoms with Crippen LogP contribution in [0.25, 0.3) is 5.69 Å². The molecule has 1 unspecified atom stereocenters. The van der Waals surface area contributed by atoms with E-state index in [0.29, 0.717) is 13.1 Å². The van der Waals surface area contributed by atoms with Gasteiger partial charge < -0.3 is 15.3 Å². The maximum Gasteiger partial charge on any atom is 0.321 e. The number of carbonyl (C=O) groups excluding carboxylic acids is 1. The van der Waals surface area contributed by atoms with Crippen LogP contribution in [0.5, 0.6) is 0 Å². The maximum atomic E-state index is 12.1. The van der Waals surface area contributed by atoms with Crippen LogP contribution in [0.1, 0.15) is 6.42 Å². The number of nitrogens with one attached hydrogen (secondary N) is 1. The molecule has 1 aromatic heterocycles. The van der Waals surface area contributed by atoms with Crippen molar-refractivity contribution >= 4 is 11.7 Å². The van der Waals surface area contributed by atoms with E-state index in [4.69, 9.17) is 5.11 Å². The van der Waals surface area contributed by atoms with Gasteiger partial charge >= 0.3 is 6.03 Å². The van der Waals surface area contributed by atoms with Crippen molar-refractivity contribution in [3.05, 3.63) is 36.7 Å². The van der Waals surface area contributed by atoms with E-state index in [-0.39, 0.29) is 18.6 Å². The van der Waals surface area contributed by atoms with Crippen LogP contribution in [-0.2, 0) is 0 Å². The van der Waals surface area contributed by atoms with Gasteiger partial charge in [0.05, 0.1) is 18.1 Å². The molecule has 0 bridgehead atoms. The fraction of sp³-hybridized carbons (Fsp3) is 0.357. The van der Waals surface area contributed by atoms with Crippen molar-refractivity contribution in [1.29, 1.82) is 0 Å². The average molecular weight is 287 g/mol. The summed E-state index contributed by atoms with van der Waals surface area (Å²) in [6.45, 7) is 1.43. The number of hydrogen-bond donors (Lipinski definition) is 2. The first-order valence-electron chi connectivity index (χ1n) is 6.90. The first kappa shape index (κ1) is 13.6. The van der Waals surface area contributed by atoms with Crippen LogP contribution in [0, 0.1) is 5.92 Å². The topological polar surface area (TPSA) is 83.3 Å². The molecule has 1 fully saturated rings. The summed E-state index contributed by atoms with van der Waals surface area (Å²) in [6.07, 6.45) is 4.22. The van der Waals surface area contributed by atoms with Crippen molar-refractivity contribution in [1.82, 2.24) is 19.9 Å². The third kappa shape index (κ3) is 3.03. The molecule has 2 amide bonds. The smallest absolute Gasteiger partial charge is 0.321 e. The SMILES string of the molecule is O=C(Nc1ccc(-n2ccnn2)cc1)N1CCC(CO)C1. The molecule has 0 radical (unpaired) electrons. The number of hydrogen-bond acceptors (Lipinski definition) is 4. The summed E-state index contributed by atoms with van der Waals surface area (Å²) in [5.41, 5.74) is 1.61. The largest absolute Gasteiger partial charge is 0.396 e. The molecule has 7 heteroatoms. The van der Waals surface area contributed by atoms with Crippen molar-refractivity contribution in [2.75, 3.05) is 25.0 Å². The number of anilines is 1. The van der Waals surface area contributed by atoms with Crippen LogP contribution in [0.2, 0.25) is 0 Å². The van der Waals surface area contributed by atoms with Crippen molar-refractivity contribution in [2.24, 2.45) is 5.92 Å². The Labute approximate surface area is 122 Å². The van der Waals surface area contributed by atoms with E-state index < -0.39 is 0 Å². The van der Waals surface area contributed by atoms with Gasteiger partial charge in [0.1, 0.15) is 0 Å². The number of rotatable bonds is 3. The van der Waals surface area contributed by atoms with E-state index in [2.05, 4.69) is 15.6 Å². The lowest BCUT2D eigenvalue weighted by Gasteiger charge is -2.17. The standard InChI is InChI=1S/C14H17N5O2/c20-10-11-5-7-18(9-11)14(21)16-12-1-3-13(4-2-12)19-8-6-15-17-19/h1-4,6,8,11,20H,5,7,9-10H2,(H,16,21). The lowest BCUT2D eigenvalue weighted by atomic mass is 10.1. The van der Waals surface area contributed by atoms with Gasteiger partial charge in [0.25, 0.3) is 0 Å². The molecule has 1 saturated heterocycles. The van der Waals surface area contributed by atoms with E-state index in [1.54, 1.807) is 22.0 Å². The molecule has 0 aliphatic carbocycles. The fourth-order valence-electron chi connectivity index (χ4n) is 2.41. The van der Waals surface area contributed by atoms with Gasteiger partial charge in [0, 0.05) is 31.3 Å². The molecule has 1 aromatic carbocycles. The minimum Gasteiger partial charge on any atom is -0.396 e. The van der Waals surface area contributed by atoms with Crippen LogP contribution in [-0.4, -0.2) is 50.7 Å². The van der Waals surface area contributed by atoms with E-state index in [0.717, 1.165) is 17.8 Å². The summed E-state index contributed by atoms with van der Waals surface area (Å²) in [6, 6.07) is 7.26. The van der Waals surface area contributed by atoms with Gasteiger partial charge in [-0.05, 0) is 30.7 Å². The normalized spacial score (nSPS) is 18.0. The monoisotopic (exact) mass is 287 g/mol. The van der Waals surface area contributed by atoms with Crippen LogP contribution < -0.4 is 5.32 Å². The number of carbonyl (C=O) groups is 1. The zero-order valence-corrected chi connectivity index (χ0v) is 11.5. The third-order valence-corrected chi connectivity index (χ3v) is 3.64. The highest BCUT2D eigenvalue weighted by molar-refractivity contribution is 5.89. The summed E-state index contributed by atoms with van der Waals surface area (Å²) in [4.78, 5) is 13.8. The highest BCUT2D eigenvalue weighted by Crippen LogP contribution is 2.18. The average Bonchev–Trinajstić information content (AvgIpc) is 3.19. The third-order valence-electron chi connectivity index (χ3n) is 3.64. The second kappa shape index (κ2) is 5.92. The molecular weight excluding hydrogens is 270 g/mol. The van der Waals surface area contributed by atoms with Crippen LogP contribution in [0.4, 0.5) is 10.5 Å². The fourth-order valence-corrected chi connectivity index (χ4v) is 2.41. The van der Waals surface area contributed by atoms with Crippen LogP contribution in [0.15, 0.2) is 36.7 Å². The highest BCUT2D eigenvalue weighted by Gasteiger charge is 2.25. The van der Waals surface area contributed by atoms with E-state index in [1.165, 1.54) is 0 Å². The van der Waals surface area contributed by atoms with E-state index in [9.17, 15) is 4.79 Å². The first-order valence-corrected chi connectivity index (χ1v) is 6.90. The zero-order valence-electron chi connectivity index (χ0n) is 11.5. The second-order valence-corrected chi connectivity index (χ2v) is 5.11. The van der Waals surface area contributed by atoms with Gasteiger partial charge in [-0.25, -0.2) is 9.48 Å².